The fourth-order valence-electron chi connectivity index (χ4n) is 6.08. The van der Waals surface area contributed by atoms with Crippen molar-refractivity contribution in [2.45, 2.75) is 38.1 Å². The van der Waals surface area contributed by atoms with Crippen LogP contribution in [-0.4, -0.2) is 38.8 Å². The van der Waals surface area contributed by atoms with Crippen LogP contribution in [0.1, 0.15) is 54.0 Å². The zero-order chi connectivity index (χ0) is 33.0. The Morgan fingerprint density at radius 2 is 1.54 bits per heavy atom. The van der Waals surface area contributed by atoms with Gasteiger partial charge in [0.2, 0.25) is 11.2 Å². The van der Waals surface area contributed by atoms with Crippen molar-refractivity contribution >= 4 is 17.3 Å². The first-order valence-electron chi connectivity index (χ1n) is 15.0. The molecule has 0 aromatic heterocycles. The summed E-state index contributed by atoms with van der Waals surface area (Å²) in [5.41, 5.74) is 10.4. The van der Waals surface area contributed by atoms with Gasteiger partial charge in [0, 0.05) is 17.5 Å². The molecule has 2 aliphatic carbocycles. The minimum absolute atomic E-state index is 0.174. The minimum Gasteiger partial charge on any atom is -0.504 e. The molecule has 0 fully saturated rings. The number of esters is 1. The number of rotatable bonds is 4. The van der Waals surface area contributed by atoms with Gasteiger partial charge in [0.05, 0.1) is 6.61 Å². The van der Waals surface area contributed by atoms with Gasteiger partial charge in [0.1, 0.15) is 5.92 Å². The number of aryl methyl sites for hydroxylation is 1. The van der Waals surface area contributed by atoms with E-state index in [0.29, 0.717) is 41.5 Å². The molecule has 0 amide bonds. The van der Waals surface area contributed by atoms with Crippen molar-refractivity contribution < 1.29 is 34.8 Å². The third-order valence-electron chi connectivity index (χ3n) is 8.37. The Morgan fingerprint density at radius 1 is 0.870 bits per heavy atom. The summed E-state index contributed by atoms with van der Waals surface area (Å²) in [7, 11) is 0. The Kier molecular flexibility index (Phi) is 9.53. The van der Waals surface area contributed by atoms with E-state index in [9.17, 15) is 34.8 Å². The number of nitrogens with two attached hydrogens (primary N) is 1. The third kappa shape index (κ3) is 6.50. The van der Waals surface area contributed by atoms with Gasteiger partial charge in [-0.1, -0.05) is 66.7 Å². The van der Waals surface area contributed by atoms with Gasteiger partial charge in [0.25, 0.3) is 0 Å². The normalized spacial score (nSPS) is 18.5. The highest BCUT2D eigenvalue weighted by Crippen LogP contribution is 2.48. The maximum absolute atomic E-state index is 12.7. The largest absolute Gasteiger partial charge is 0.504 e. The van der Waals surface area contributed by atoms with Gasteiger partial charge < -0.3 is 30.9 Å². The number of ether oxygens (including phenoxy) is 1. The predicted molar refractivity (Wildman–Crippen MR) is 173 cm³/mol. The number of hydrogen-bond acceptors (Lipinski definition) is 9. The van der Waals surface area contributed by atoms with Crippen LogP contribution in [0.15, 0.2) is 95.8 Å². The van der Waals surface area contributed by atoms with E-state index in [1.165, 1.54) is 24.3 Å². The van der Waals surface area contributed by atoms with E-state index in [1.54, 1.807) is 13.0 Å². The van der Waals surface area contributed by atoms with Crippen LogP contribution in [0.4, 0.5) is 0 Å². The van der Waals surface area contributed by atoms with Crippen molar-refractivity contribution in [2.24, 2.45) is 11.7 Å². The van der Waals surface area contributed by atoms with Gasteiger partial charge in [-0.15, -0.1) is 0 Å². The molecule has 9 heteroatoms. The summed E-state index contributed by atoms with van der Waals surface area (Å²) in [4.78, 5) is 36.9. The molecule has 4 aromatic rings. The first-order chi connectivity index (χ1) is 22.1. The highest BCUT2D eigenvalue weighted by Gasteiger charge is 2.39. The Balaban J connectivity index is 0.000000182. The molecule has 0 saturated heterocycles. The average Bonchev–Trinajstić information content (AvgIpc) is 3.29. The van der Waals surface area contributed by atoms with Crippen LogP contribution in [0.25, 0.3) is 16.7 Å². The number of hydrogen-bond donors (Lipinski definition) is 5. The molecule has 4 aromatic carbocycles. The van der Waals surface area contributed by atoms with Crippen LogP contribution in [0.2, 0.25) is 0 Å². The SMILES string of the molecule is CCOC(=O)C1C(=O)C=C(c2ccccc2)CC1c1ccccc1.N[C@H]1CCc2cc(O)c(O)c(O)c2-c2ccc(O)c(=O)cc21. The molecule has 2 unspecified atom stereocenters. The molecule has 0 saturated carbocycles. The Morgan fingerprint density at radius 3 is 2.22 bits per heavy atom. The van der Waals surface area contributed by atoms with Crippen LogP contribution in [0, 0.1) is 5.92 Å². The summed E-state index contributed by atoms with van der Waals surface area (Å²) < 4.78 is 5.16. The number of phenolic OH excluding ortho intramolecular Hbond substituents is 3. The second-order valence-electron chi connectivity index (χ2n) is 11.3. The molecular weight excluding hydrogens is 586 g/mol. The van der Waals surface area contributed by atoms with Crippen molar-refractivity contribution in [1.82, 2.24) is 0 Å². The van der Waals surface area contributed by atoms with Crippen molar-refractivity contribution in [2.75, 3.05) is 6.61 Å². The Hall–Kier alpha value is -5.41. The summed E-state index contributed by atoms with van der Waals surface area (Å²) in [6.07, 6.45) is 3.21. The molecule has 236 valence electrons. The van der Waals surface area contributed by atoms with E-state index in [1.807, 2.05) is 60.7 Å². The first-order valence-corrected chi connectivity index (χ1v) is 15.0. The fraction of sp³-hybridized carbons (Fsp3) is 0.216. The summed E-state index contributed by atoms with van der Waals surface area (Å²) >= 11 is 0. The van der Waals surface area contributed by atoms with Gasteiger partial charge in [-0.3, -0.25) is 14.4 Å². The van der Waals surface area contributed by atoms with Crippen molar-refractivity contribution in [3.63, 3.8) is 0 Å². The molecule has 0 radical (unpaired) electrons. The molecule has 46 heavy (non-hydrogen) atoms. The van der Waals surface area contributed by atoms with E-state index in [0.717, 1.165) is 16.7 Å². The zero-order valence-corrected chi connectivity index (χ0v) is 25.2. The maximum Gasteiger partial charge on any atom is 0.317 e. The van der Waals surface area contributed by atoms with Crippen LogP contribution >= 0.6 is 0 Å². The maximum atomic E-state index is 12.7. The molecule has 6 rings (SSSR count). The fourth-order valence-corrected chi connectivity index (χ4v) is 6.08. The average molecular weight is 622 g/mol. The van der Waals surface area contributed by atoms with Gasteiger partial charge in [-0.05, 0) is 83.9 Å². The van der Waals surface area contributed by atoms with Crippen molar-refractivity contribution in [1.29, 1.82) is 0 Å². The highest BCUT2D eigenvalue weighted by molar-refractivity contribution is 6.10. The molecule has 6 N–H and O–H groups in total. The van der Waals surface area contributed by atoms with Crippen LogP contribution in [0.3, 0.4) is 0 Å². The molecule has 3 atom stereocenters. The van der Waals surface area contributed by atoms with Crippen molar-refractivity contribution in [3.05, 3.63) is 123 Å². The number of ketones is 1. The summed E-state index contributed by atoms with van der Waals surface area (Å²) in [6, 6.07) is 24.4. The number of aromatic hydroxyl groups is 4. The highest BCUT2D eigenvalue weighted by atomic mass is 16.5. The lowest BCUT2D eigenvalue weighted by atomic mass is 9.73. The molecule has 0 heterocycles. The van der Waals surface area contributed by atoms with Gasteiger partial charge in [-0.2, -0.15) is 0 Å². The lowest BCUT2D eigenvalue weighted by Crippen LogP contribution is -2.34. The number of benzene rings is 3. The topological polar surface area (TPSA) is 167 Å². The Labute approximate surface area is 265 Å². The van der Waals surface area contributed by atoms with E-state index in [-0.39, 0.29) is 18.3 Å². The predicted octanol–water partition coefficient (Wildman–Crippen LogP) is 5.49. The molecule has 9 nitrogen and oxygen atoms in total. The van der Waals surface area contributed by atoms with Crippen molar-refractivity contribution in [3.8, 4) is 34.1 Å². The van der Waals surface area contributed by atoms with E-state index < -0.39 is 46.4 Å². The minimum atomic E-state index is -0.764. The Bertz CT molecular complexity index is 1850. The third-order valence-corrected chi connectivity index (χ3v) is 8.37. The second kappa shape index (κ2) is 13.7. The molecular formula is C37H35NO8. The first kappa shape index (κ1) is 32.0. The molecule has 0 aliphatic heterocycles. The van der Waals surface area contributed by atoms with Gasteiger partial charge in [-0.25, -0.2) is 0 Å². The smallest absolute Gasteiger partial charge is 0.317 e. The number of phenols is 3. The lowest BCUT2D eigenvalue weighted by Gasteiger charge is -2.29. The number of fused-ring (bicyclic) bond motifs is 3. The van der Waals surface area contributed by atoms with Crippen LogP contribution < -0.4 is 11.2 Å². The van der Waals surface area contributed by atoms with Gasteiger partial charge in [0.15, 0.2) is 23.0 Å². The number of carbonyl (C=O) groups excluding carboxylic acids is 2. The van der Waals surface area contributed by atoms with Crippen LogP contribution in [0.5, 0.6) is 23.0 Å². The standard InChI is InChI=1S/C21H20O3.C16H15NO5/c1-2-24-21(23)20-18(16-11-7-4-8-12-16)13-17(14-19(20)22)15-9-5-3-6-10-15;17-10-3-1-7-5-13(20)15(21)16(22)14(7)8-2-4-11(18)12(19)6-9(8)10/h3-12,14,18,20H,2,13H2,1H3;2,4-6,10,20-22H,1,3,17H2,(H,18,19)/t;10-/m.0/s1. The molecule has 0 spiro atoms. The second-order valence-corrected chi connectivity index (χ2v) is 11.3. The number of carbonyl (C=O) groups is 2. The zero-order valence-electron chi connectivity index (χ0n) is 25.2. The molecule has 2 aliphatic rings. The van der Waals surface area contributed by atoms with E-state index in [2.05, 4.69) is 0 Å². The van der Waals surface area contributed by atoms with E-state index in [4.69, 9.17) is 10.5 Å². The quantitative estimate of drug-likeness (QED) is 0.112. The summed E-state index contributed by atoms with van der Waals surface area (Å²) in [6.45, 7) is 2.04. The number of allylic oxidation sites excluding steroid dienone is 2. The van der Waals surface area contributed by atoms with E-state index >= 15 is 0 Å². The monoisotopic (exact) mass is 621 g/mol. The summed E-state index contributed by atoms with van der Waals surface area (Å²) in [5.74, 6) is -3.50. The van der Waals surface area contributed by atoms with Crippen LogP contribution in [-0.2, 0) is 20.7 Å². The van der Waals surface area contributed by atoms with Gasteiger partial charge >= 0.3 is 5.97 Å². The summed E-state index contributed by atoms with van der Waals surface area (Å²) in [5, 5.41) is 39.3. The molecule has 0 bridgehead atoms. The lowest BCUT2D eigenvalue weighted by molar-refractivity contribution is -0.151.